The molecule has 6 nitrogen and oxygen atoms in total. The maximum absolute atomic E-state index is 12.2. The number of hydrogen-bond donors (Lipinski definition) is 3. The lowest BCUT2D eigenvalue weighted by atomic mass is 10.0. The van der Waals surface area contributed by atoms with Crippen molar-refractivity contribution in [3.63, 3.8) is 0 Å². The van der Waals surface area contributed by atoms with Crippen molar-refractivity contribution in [3.05, 3.63) is 35.4 Å². The predicted molar refractivity (Wildman–Crippen MR) is 82.5 cm³/mol. The van der Waals surface area contributed by atoms with Gasteiger partial charge in [0.2, 0.25) is 5.91 Å². The van der Waals surface area contributed by atoms with Gasteiger partial charge in [-0.15, -0.1) is 0 Å². The number of aryl methyl sites for hydroxylation is 1. The van der Waals surface area contributed by atoms with E-state index in [4.69, 9.17) is 5.11 Å². The molecule has 0 aliphatic heterocycles. The molecule has 22 heavy (non-hydrogen) atoms. The molecule has 0 bridgehead atoms. The Labute approximate surface area is 129 Å². The monoisotopic (exact) mass is 306 g/mol. The van der Waals surface area contributed by atoms with Crippen LogP contribution in [-0.4, -0.2) is 35.0 Å². The number of aliphatic carboxylic acids is 1. The summed E-state index contributed by atoms with van der Waals surface area (Å²) in [6.07, 6.45) is 0. The lowest BCUT2D eigenvalue weighted by Crippen LogP contribution is -2.53. The Morgan fingerprint density at radius 2 is 1.73 bits per heavy atom. The molecule has 0 heterocycles. The molecule has 0 fully saturated rings. The Morgan fingerprint density at radius 3 is 2.23 bits per heavy atom. The standard InChI is InChI=1S/C16H22N2O4/c1-9(2)13(15(20)17-11(4)16(21)22)18-14(19)12-7-5-6-10(3)8-12/h5-9,11,13H,1-4H3,(H,17,20)(H,18,19)(H,21,22)/t11-,13?/m0/s1. The second kappa shape index (κ2) is 7.59. The van der Waals surface area contributed by atoms with Crippen molar-refractivity contribution in [2.24, 2.45) is 5.92 Å². The molecular weight excluding hydrogens is 284 g/mol. The summed E-state index contributed by atoms with van der Waals surface area (Å²) in [5.74, 6) is -2.16. The van der Waals surface area contributed by atoms with Crippen LogP contribution in [0.2, 0.25) is 0 Å². The minimum absolute atomic E-state index is 0.172. The zero-order valence-corrected chi connectivity index (χ0v) is 13.2. The molecule has 120 valence electrons. The Hall–Kier alpha value is -2.37. The van der Waals surface area contributed by atoms with Crippen LogP contribution >= 0.6 is 0 Å². The van der Waals surface area contributed by atoms with Gasteiger partial charge in [-0.25, -0.2) is 0 Å². The molecule has 2 atom stereocenters. The molecular formula is C16H22N2O4. The number of carboxylic acid groups (broad SMARTS) is 1. The van der Waals surface area contributed by atoms with Crippen LogP contribution in [-0.2, 0) is 9.59 Å². The van der Waals surface area contributed by atoms with Gasteiger partial charge in [-0.05, 0) is 31.9 Å². The SMILES string of the molecule is Cc1cccc(C(=O)NC(C(=O)N[C@@H](C)C(=O)O)C(C)C)c1. The third-order valence-electron chi connectivity index (χ3n) is 3.25. The van der Waals surface area contributed by atoms with Gasteiger partial charge in [-0.3, -0.25) is 14.4 Å². The summed E-state index contributed by atoms with van der Waals surface area (Å²) >= 11 is 0. The molecule has 0 radical (unpaired) electrons. The van der Waals surface area contributed by atoms with Gasteiger partial charge < -0.3 is 15.7 Å². The largest absolute Gasteiger partial charge is 0.480 e. The van der Waals surface area contributed by atoms with Gasteiger partial charge in [0, 0.05) is 5.56 Å². The molecule has 6 heteroatoms. The van der Waals surface area contributed by atoms with Gasteiger partial charge in [0.1, 0.15) is 12.1 Å². The smallest absolute Gasteiger partial charge is 0.325 e. The normalized spacial score (nSPS) is 13.3. The van der Waals surface area contributed by atoms with Crippen molar-refractivity contribution < 1.29 is 19.5 Å². The van der Waals surface area contributed by atoms with Gasteiger partial charge in [0.25, 0.3) is 5.91 Å². The highest BCUT2D eigenvalue weighted by atomic mass is 16.4. The van der Waals surface area contributed by atoms with Crippen molar-refractivity contribution in [1.29, 1.82) is 0 Å². The molecule has 3 N–H and O–H groups in total. The zero-order chi connectivity index (χ0) is 16.9. The average molecular weight is 306 g/mol. The topological polar surface area (TPSA) is 95.5 Å². The van der Waals surface area contributed by atoms with Gasteiger partial charge in [0.15, 0.2) is 0 Å². The number of carbonyl (C=O) groups excluding carboxylic acids is 2. The minimum atomic E-state index is -1.12. The van der Waals surface area contributed by atoms with Crippen LogP contribution in [0.3, 0.4) is 0 Å². The molecule has 0 saturated heterocycles. The van der Waals surface area contributed by atoms with Crippen molar-refractivity contribution in [2.75, 3.05) is 0 Å². The van der Waals surface area contributed by atoms with Crippen molar-refractivity contribution >= 4 is 17.8 Å². The number of nitrogens with one attached hydrogen (secondary N) is 2. The Bertz CT molecular complexity index is 569. The van der Waals surface area contributed by atoms with Gasteiger partial charge in [-0.1, -0.05) is 31.5 Å². The highest BCUT2D eigenvalue weighted by molar-refractivity contribution is 5.98. The molecule has 0 saturated carbocycles. The van der Waals surface area contributed by atoms with Gasteiger partial charge in [-0.2, -0.15) is 0 Å². The van der Waals surface area contributed by atoms with Crippen molar-refractivity contribution in [1.82, 2.24) is 10.6 Å². The van der Waals surface area contributed by atoms with E-state index in [2.05, 4.69) is 10.6 Å². The van der Waals surface area contributed by atoms with E-state index in [0.717, 1.165) is 5.56 Å². The Kier molecular flexibility index (Phi) is 6.10. The second-order valence-electron chi connectivity index (χ2n) is 5.63. The fraction of sp³-hybridized carbons (Fsp3) is 0.438. The fourth-order valence-electron chi connectivity index (χ4n) is 1.91. The predicted octanol–water partition coefficient (Wildman–Crippen LogP) is 1.34. The highest BCUT2D eigenvalue weighted by Gasteiger charge is 2.27. The van der Waals surface area contributed by atoms with Crippen molar-refractivity contribution in [3.8, 4) is 0 Å². The van der Waals surface area contributed by atoms with E-state index >= 15 is 0 Å². The number of carbonyl (C=O) groups is 3. The van der Waals surface area contributed by atoms with Gasteiger partial charge in [0.05, 0.1) is 0 Å². The lowest BCUT2D eigenvalue weighted by Gasteiger charge is -2.23. The summed E-state index contributed by atoms with van der Waals surface area (Å²) in [6, 6.07) is 5.22. The summed E-state index contributed by atoms with van der Waals surface area (Å²) in [5, 5.41) is 13.9. The molecule has 0 aromatic heterocycles. The molecule has 1 aromatic carbocycles. The summed E-state index contributed by atoms with van der Waals surface area (Å²) in [6.45, 7) is 6.82. The van der Waals surface area contributed by atoms with Crippen LogP contribution < -0.4 is 10.6 Å². The van der Waals surface area contributed by atoms with Crippen LogP contribution in [0.25, 0.3) is 0 Å². The molecule has 0 spiro atoms. The summed E-state index contributed by atoms with van der Waals surface area (Å²) in [5.41, 5.74) is 1.41. The van der Waals surface area contributed by atoms with E-state index in [9.17, 15) is 14.4 Å². The van der Waals surface area contributed by atoms with Crippen LogP contribution in [0.1, 0.15) is 36.7 Å². The summed E-state index contributed by atoms with van der Waals surface area (Å²) in [4.78, 5) is 35.2. The molecule has 1 aromatic rings. The van der Waals surface area contributed by atoms with Crippen LogP contribution in [0, 0.1) is 12.8 Å². The molecule has 0 aliphatic rings. The molecule has 1 rings (SSSR count). The Morgan fingerprint density at radius 1 is 1.09 bits per heavy atom. The number of benzene rings is 1. The maximum Gasteiger partial charge on any atom is 0.325 e. The average Bonchev–Trinajstić information content (AvgIpc) is 2.43. The van der Waals surface area contributed by atoms with Crippen LogP contribution in [0.4, 0.5) is 0 Å². The van der Waals surface area contributed by atoms with E-state index in [1.807, 2.05) is 13.0 Å². The third-order valence-corrected chi connectivity index (χ3v) is 3.25. The molecule has 1 unspecified atom stereocenters. The number of carboxylic acids is 1. The quantitative estimate of drug-likeness (QED) is 0.739. The van der Waals surface area contributed by atoms with E-state index in [1.54, 1.807) is 32.0 Å². The van der Waals surface area contributed by atoms with E-state index in [0.29, 0.717) is 5.56 Å². The first-order valence-electron chi connectivity index (χ1n) is 7.13. The third kappa shape index (κ3) is 4.87. The van der Waals surface area contributed by atoms with Crippen molar-refractivity contribution in [2.45, 2.75) is 39.8 Å². The first-order chi connectivity index (χ1) is 10.2. The zero-order valence-electron chi connectivity index (χ0n) is 13.2. The van der Waals surface area contributed by atoms with E-state index in [1.165, 1.54) is 6.92 Å². The lowest BCUT2D eigenvalue weighted by molar-refractivity contribution is -0.141. The fourth-order valence-corrected chi connectivity index (χ4v) is 1.91. The van der Waals surface area contributed by atoms with Crippen LogP contribution in [0.5, 0.6) is 0 Å². The Balaban J connectivity index is 2.82. The molecule has 0 aliphatic carbocycles. The second-order valence-corrected chi connectivity index (χ2v) is 5.63. The maximum atomic E-state index is 12.2. The van der Waals surface area contributed by atoms with E-state index in [-0.39, 0.29) is 11.8 Å². The first kappa shape index (κ1) is 17.7. The molecule has 2 amide bonds. The first-order valence-corrected chi connectivity index (χ1v) is 7.13. The minimum Gasteiger partial charge on any atom is -0.480 e. The number of hydrogen-bond acceptors (Lipinski definition) is 3. The van der Waals surface area contributed by atoms with Crippen LogP contribution in [0.15, 0.2) is 24.3 Å². The summed E-state index contributed by atoms with van der Waals surface area (Å²) in [7, 11) is 0. The van der Waals surface area contributed by atoms with E-state index < -0.39 is 24.0 Å². The number of amides is 2. The highest BCUT2D eigenvalue weighted by Crippen LogP contribution is 2.07. The summed E-state index contributed by atoms with van der Waals surface area (Å²) < 4.78 is 0. The van der Waals surface area contributed by atoms with Gasteiger partial charge >= 0.3 is 5.97 Å². The number of rotatable bonds is 6.